The van der Waals surface area contributed by atoms with Crippen LogP contribution < -0.4 is 14.2 Å². The van der Waals surface area contributed by atoms with Gasteiger partial charge in [-0.05, 0) is 59.5 Å². The first-order valence-corrected chi connectivity index (χ1v) is 14.2. The van der Waals surface area contributed by atoms with Gasteiger partial charge in [-0.25, -0.2) is 4.79 Å². The van der Waals surface area contributed by atoms with Gasteiger partial charge < -0.3 is 18.9 Å². The highest BCUT2D eigenvalue weighted by Crippen LogP contribution is 2.22. The fraction of sp³-hybridized carbons (Fsp3) is 0.167. The first-order chi connectivity index (χ1) is 21.1. The average Bonchev–Trinajstić information content (AvgIpc) is 3.44. The molecule has 0 saturated heterocycles. The number of carbonyl (C=O) groups excluding carboxylic acids is 1. The van der Waals surface area contributed by atoms with Crippen molar-refractivity contribution in [3.8, 4) is 17.4 Å². The van der Waals surface area contributed by atoms with Crippen LogP contribution in [-0.2, 0) is 35.9 Å². The molecular weight excluding hydrogens is 540 g/mol. The summed E-state index contributed by atoms with van der Waals surface area (Å²) in [5.41, 5.74) is 4.92. The zero-order valence-corrected chi connectivity index (χ0v) is 24.1. The van der Waals surface area contributed by atoms with Crippen molar-refractivity contribution in [2.45, 2.75) is 33.3 Å². The summed E-state index contributed by atoms with van der Waals surface area (Å²) in [6.45, 7) is 3.93. The van der Waals surface area contributed by atoms with Gasteiger partial charge in [0.1, 0.15) is 31.3 Å². The number of hydrogen-bond acceptors (Lipinski definition) is 6. The third kappa shape index (κ3) is 9.10. The van der Waals surface area contributed by atoms with Crippen LogP contribution in [0.1, 0.15) is 34.7 Å². The molecule has 5 aromatic rings. The number of aromatic nitrogens is 2. The predicted molar refractivity (Wildman–Crippen MR) is 166 cm³/mol. The molecule has 0 N–H and O–H groups in total. The van der Waals surface area contributed by atoms with E-state index in [2.05, 4.69) is 5.10 Å². The summed E-state index contributed by atoms with van der Waals surface area (Å²) in [7, 11) is 0. The molecular formula is C36H34N2O5. The Morgan fingerprint density at radius 1 is 0.674 bits per heavy atom. The molecule has 7 heteroatoms. The Hall–Kier alpha value is -5.30. The number of carbonyl (C=O) groups is 1. The van der Waals surface area contributed by atoms with Gasteiger partial charge in [0.05, 0.1) is 18.7 Å². The monoisotopic (exact) mass is 574 g/mol. The zero-order valence-electron chi connectivity index (χ0n) is 24.1. The molecule has 1 heterocycles. The van der Waals surface area contributed by atoms with Crippen molar-refractivity contribution in [2.75, 3.05) is 6.61 Å². The predicted octanol–water partition coefficient (Wildman–Crippen LogP) is 7.24. The zero-order chi connectivity index (χ0) is 29.7. The van der Waals surface area contributed by atoms with Crippen LogP contribution >= 0.6 is 0 Å². The fourth-order valence-electron chi connectivity index (χ4n) is 4.27. The maximum atomic E-state index is 12.0. The minimum atomic E-state index is -0.418. The van der Waals surface area contributed by atoms with Crippen LogP contribution in [0, 0.1) is 0 Å². The quantitative estimate of drug-likeness (QED) is 0.103. The molecule has 5 rings (SSSR count). The number of esters is 1. The Bertz CT molecular complexity index is 1600. The van der Waals surface area contributed by atoms with E-state index in [4.69, 9.17) is 18.9 Å². The van der Waals surface area contributed by atoms with E-state index in [1.54, 1.807) is 17.7 Å². The largest absolute Gasteiger partial charge is 0.489 e. The average molecular weight is 575 g/mol. The third-order valence-electron chi connectivity index (χ3n) is 6.50. The number of nitrogens with zero attached hydrogens (tertiary/aromatic N) is 2. The summed E-state index contributed by atoms with van der Waals surface area (Å²) >= 11 is 0. The molecule has 43 heavy (non-hydrogen) atoms. The molecule has 0 aliphatic rings. The van der Waals surface area contributed by atoms with Crippen LogP contribution in [0.4, 0.5) is 0 Å². The van der Waals surface area contributed by atoms with E-state index < -0.39 is 5.97 Å². The van der Waals surface area contributed by atoms with Gasteiger partial charge in [0.2, 0.25) is 5.88 Å². The van der Waals surface area contributed by atoms with Crippen molar-refractivity contribution in [2.24, 2.45) is 0 Å². The summed E-state index contributed by atoms with van der Waals surface area (Å²) in [6.07, 6.45) is 4.90. The van der Waals surface area contributed by atoms with E-state index in [1.807, 2.05) is 115 Å². The molecule has 0 spiro atoms. The molecule has 0 fully saturated rings. The lowest BCUT2D eigenvalue weighted by Crippen LogP contribution is -2.02. The van der Waals surface area contributed by atoms with Crippen LogP contribution in [-0.4, -0.2) is 22.4 Å². The van der Waals surface area contributed by atoms with Crippen molar-refractivity contribution in [1.29, 1.82) is 0 Å². The highest BCUT2D eigenvalue weighted by molar-refractivity contribution is 5.87. The Balaban J connectivity index is 1.21. The summed E-state index contributed by atoms with van der Waals surface area (Å²) in [6, 6.07) is 35.8. The molecule has 0 radical (unpaired) electrons. The lowest BCUT2D eigenvalue weighted by atomic mass is 10.2. The molecule has 0 unspecified atom stereocenters. The third-order valence-corrected chi connectivity index (χ3v) is 6.50. The highest BCUT2D eigenvalue weighted by Gasteiger charge is 2.11. The SMILES string of the molecule is CCOC(=O)/C=C/c1cn(Cc2ccc(OCc3ccccc3)cc2)nc1OCc1ccc(OCc2ccccc2)cc1. The van der Waals surface area contributed by atoms with Crippen LogP contribution in [0.25, 0.3) is 6.08 Å². The van der Waals surface area contributed by atoms with E-state index in [9.17, 15) is 4.79 Å². The van der Waals surface area contributed by atoms with Gasteiger partial charge >= 0.3 is 5.97 Å². The maximum absolute atomic E-state index is 12.0. The van der Waals surface area contributed by atoms with Crippen molar-refractivity contribution in [1.82, 2.24) is 9.78 Å². The van der Waals surface area contributed by atoms with Crippen LogP contribution in [0.2, 0.25) is 0 Å². The van der Waals surface area contributed by atoms with E-state index in [0.717, 1.165) is 33.8 Å². The van der Waals surface area contributed by atoms with E-state index in [1.165, 1.54) is 6.08 Å². The van der Waals surface area contributed by atoms with Crippen molar-refractivity contribution < 1.29 is 23.7 Å². The van der Waals surface area contributed by atoms with Gasteiger partial charge in [-0.3, -0.25) is 4.68 Å². The Labute approximate surface area is 251 Å². The lowest BCUT2D eigenvalue weighted by molar-refractivity contribution is -0.137. The molecule has 0 saturated carbocycles. The van der Waals surface area contributed by atoms with E-state index in [-0.39, 0.29) is 0 Å². The van der Waals surface area contributed by atoms with Gasteiger partial charge in [0, 0.05) is 12.3 Å². The maximum Gasteiger partial charge on any atom is 0.330 e. The molecule has 0 aliphatic heterocycles. The van der Waals surface area contributed by atoms with E-state index in [0.29, 0.717) is 44.4 Å². The number of hydrogen-bond donors (Lipinski definition) is 0. The molecule has 0 amide bonds. The molecule has 4 aromatic carbocycles. The summed E-state index contributed by atoms with van der Waals surface area (Å²) < 4.78 is 24.7. The molecule has 0 bridgehead atoms. The molecule has 0 aliphatic carbocycles. The van der Waals surface area contributed by atoms with Gasteiger partial charge in [-0.1, -0.05) is 84.9 Å². The van der Waals surface area contributed by atoms with Crippen molar-refractivity contribution in [3.63, 3.8) is 0 Å². The summed E-state index contributed by atoms with van der Waals surface area (Å²) in [5.74, 6) is 1.59. The fourth-order valence-corrected chi connectivity index (χ4v) is 4.27. The normalized spacial score (nSPS) is 10.9. The molecule has 7 nitrogen and oxygen atoms in total. The first kappa shape index (κ1) is 29.2. The Morgan fingerprint density at radius 2 is 1.19 bits per heavy atom. The van der Waals surface area contributed by atoms with Crippen molar-refractivity contribution in [3.05, 3.63) is 149 Å². The molecule has 1 aromatic heterocycles. The minimum Gasteiger partial charge on any atom is -0.489 e. The highest BCUT2D eigenvalue weighted by atomic mass is 16.5. The summed E-state index contributed by atoms with van der Waals surface area (Å²) in [5, 5.41) is 4.66. The lowest BCUT2D eigenvalue weighted by Gasteiger charge is -2.08. The van der Waals surface area contributed by atoms with Gasteiger partial charge in [0.15, 0.2) is 0 Å². The van der Waals surface area contributed by atoms with Crippen LogP contribution in [0.15, 0.2) is 121 Å². The summed E-state index contributed by atoms with van der Waals surface area (Å²) in [4.78, 5) is 12.0. The van der Waals surface area contributed by atoms with E-state index >= 15 is 0 Å². The minimum absolute atomic E-state index is 0.307. The number of ether oxygens (including phenoxy) is 4. The topological polar surface area (TPSA) is 71.8 Å². The number of benzene rings is 4. The van der Waals surface area contributed by atoms with Gasteiger partial charge in [-0.15, -0.1) is 5.10 Å². The second-order valence-corrected chi connectivity index (χ2v) is 9.80. The Kier molecular flexibility index (Phi) is 10.2. The second-order valence-electron chi connectivity index (χ2n) is 9.80. The van der Waals surface area contributed by atoms with Crippen LogP contribution in [0.5, 0.6) is 17.4 Å². The molecule has 218 valence electrons. The number of rotatable bonds is 14. The smallest absolute Gasteiger partial charge is 0.330 e. The second kappa shape index (κ2) is 15.1. The standard InChI is InChI=1S/C36H34N2O5/c1-2-40-35(39)22-17-32-24-38(23-28-13-18-33(19-14-28)41-25-29-9-5-3-6-10-29)37-36(32)43-27-31-15-20-34(21-16-31)42-26-30-11-7-4-8-12-30/h3-22,24H,2,23,25-27H2,1H3/b22-17+. The van der Waals surface area contributed by atoms with Crippen molar-refractivity contribution >= 4 is 12.0 Å². The first-order valence-electron chi connectivity index (χ1n) is 14.2. The van der Waals surface area contributed by atoms with Gasteiger partial charge in [-0.2, -0.15) is 0 Å². The van der Waals surface area contributed by atoms with Crippen LogP contribution in [0.3, 0.4) is 0 Å². The van der Waals surface area contributed by atoms with Gasteiger partial charge in [0.25, 0.3) is 0 Å². The Morgan fingerprint density at radius 3 is 1.74 bits per heavy atom. The molecule has 0 atom stereocenters.